The zero-order valence-electron chi connectivity index (χ0n) is 14.4. The van der Waals surface area contributed by atoms with E-state index < -0.39 is 0 Å². The summed E-state index contributed by atoms with van der Waals surface area (Å²) in [6.45, 7) is 3.62. The molecule has 2 aromatic rings. The predicted octanol–water partition coefficient (Wildman–Crippen LogP) is 1.89. The molecule has 0 radical (unpaired) electrons. The van der Waals surface area contributed by atoms with Crippen molar-refractivity contribution in [3.63, 3.8) is 0 Å². The topological polar surface area (TPSA) is 66.0 Å². The number of carbonyl (C=O) groups is 2. The normalized spacial score (nSPS) is 17.9. The smallest absolute Gasteiger partial charge is 0.332 e. The number of pyridine rings is 1. The van der Waals surface area contributed by atoms with Crippen LogP contribution in [-0.2, 0) is 16.1 Å². The van der Waals surface area contributed by atoms with E-state index in [2.05, 4.69) is 9.88 Å². The molecule has 1 aromatic heterocycles. The Morgan fingerprint density at radius 1 is 0.923 bits per heavy atom. The first kappa shape index (κ1) is 16.5. The zero-order chi connectivity index (χ0) is 17.9. The maximum Gasteiger partial charge on any atom is 0.332 e. The summed E-state index contributed by atoms with van der Waals surface area (Å²) in [5.74, 6) is -0.205. The highest BCUT2D eigenvalue weighted by molar-refractivity contribution is 6.19. The standard InChI is InChI=1S/C19H20N4O3/c24-18-14-22(13-15-5-7-20-8-6-15)19(25)23(18)17-3-1-16(2-4-17)21-9-11-26-12-10-21/h1-8H,9-14H2. The summed E-state index contributed by atoms with van der Waals surface area (Å²) in [7, 11) is 0. The fourth-order valence-corrected chi connectivity index (χ4v) is 3.27. The van der Waals surface area contributed by atoms with Gasteiger partial charge in [-0.3, -0.25) is 9.78 Å². The number of imide groups is 1. The van der Waals surface area contributed by atoms with Crippen molar-refractivity contribution in [3.05, 3.63) is 54.4 Å². The number of anilines is 2. The Labute approximate surface area is 151 Å². The Morgan fingerprint density at radius 2 is 1.58 bits per heavy atom. The van der Waals surface area contributed by atoms with E-state index in [1.165, 1.54) is 4.90 Å². The van der Waals surface area contributed by atoms with Crippen LogP contribution in [0.15, 0.2) is 48.8 Å². The Morgan fingerprint density at radius 3 is 2.27 bits per heavy atom. The van der Waals surface area contributed by atoms with E-state index in [1.54, 1.807) is 17.3 Å². The van der Waals surface area contributed by atoms with Gasteiger partial charge in [0.1, 0.15) is 6.54 Å². The summed E-state index contributed by atoms with van der Waals surface area (Å²) in [6.07, 6.45) is 3.36. The number of hydrogen-bond acceptors (Lipinski definition) is 5. The molecule has 2 aliphatic heterocycles. The lowest BCUT2D eigenvalue weighted by molar-refractivity contribution is -0.116. The van der Waals surface area contributed by atoms with Gasteiger partial charge in [0, 0.05) is 37.7 Å². The van der Waals surface area contributed by atoms with Crippen LogP contribution in [0.25, 0.3) is 0 Å². The highest BCUT2D eigenvalue weighted by Crippen LogP contribution is 2.26. The summed E-state index contributed by atoms with van der Waals surface area (Å²) < 4.78 is 5.37. The van der Waals surface area contributed by atoms with Crippen LogP contribution in [-0.4, -0.2) is 54.7 Å². The molecule has 1 aromatic carbocycles. The number of amides is 3. The van der Waals surface area contributed by atoms with Gasteiger partial charge in [-0.2, -0.15) is 0 Å². The number of rotatable bonds is 4. The van der Waals surface area contributed by atoms with Crippen LogP contribution >= 0.6 is 0 Å². The number of ether oxygens (including phenoxy) is 1. The fraction of sp³-hybridized carbons (Fsp3) is 0.316. The number of carbonyl (C=O) groups excluding carboxylic acids is 2. The van der Waals surface area contributed by atoms with Gasteiger partial charge in [0.2, 0.25) is 0 Å². The molecular weight excluding hydrogens is 332 g/mol. The second-order valence-electron chi connectivity index (χ2n) is 6.34. The van der Waals surface area contributed by atoms with Crippen LogP contribution < -0.4 is 9.80 Å². The van der Waals surface area contributed by atoms with Gasteiger partial charge >= 0.3 is 6.03 Å². The van der Waals surface area contributed by atoms with Crippen LogP contribution in [0.5, 0.6) is 0 Å². The van der Waals surface area contributed by atoms with Crippen molar-refractivity contribution in [1.29, 1.82) is 0 Å². The SMILES string of the molecule is O=C1CN(Cc2ccncc2)C(=O)N1c1ccc(N2CCOCC2)cc1. The van der Waals surface area contributed by atoms with Crippen LogP contribution in [0.1, 0.15) is 5.56 Å². The van der Waals surface area contributed by atoms with E-state index in [4.69, 9.17) is 4.74 Å². The maximum absolute atomic E-state index is 12.7. The molecule has 2 saturated heterocycles. The molecule has 134 valence electrons. The van der Waals surface area contributed by atoms with Crippen molar-refractivity contribution in [2.45, 2.75) is 6.54 Å². The van der Waals surface area contributed by atoms with Gasteiger partial charge in [-0.1, -0.05) is 0 Å². The predicted molar refractivity (Wildman–Crippen MR) is 97.0 cm³/mol. The van der Waals surface area contributed by atoms with E-state index in [0.29, 0.717) is 12.2 Å². The van der Waals surface area contributed by atoms with E-state index >= 15 is 0 Å². The number of hydrogen-bond donors (Lipinski definition) is 0. The van der Waals surface area contributed by atoms with Crippen molar-refractivity contribution >= 4 is 23.3 Å². The largest absolute Gasteiger partial charge is 0.378 e. The average Bonchev–Trinajstić information content (AvgIpc) is 2.97. The lowest BCUT2D eigenvalue weighted by atomic mass is 10.2. The van der Waals surface area contributed by atoms with E-state index in [1.807, 2.05) is 36.4 Å². The van der Waals surface area contributed by atoms with E-state index in [0.717, 1.165) is 37.6 Å². The van der Waals surface area contributed by atoms with Gasteiger partial charge in [-0.05, 0) is 42.0 Å². The van der Waals surface area contributed by atoms with Crippen LogP contribution in [0.4, 0.5) is 16.2 Å². The summed E-state index contributed by atoms with van der Waals surface area (Å²) in [5, 5.41) is 0. The number of aromatic nitrogens is 1. The van der Waals surface area contributed by atoms with Gasteiger partial charge in [0.15, 0.2) is 0 Å². The third kappa shape index (κ3) is 3.25. The van der Waals surface area contributed by atoms with Crippen LogP contribution in [0.2, 0.25) is 0 Å². The summed E-state index contributed by atoms with van der Waals surface area (Å²) in [5.41, 5.74) is 2.63. The summed E-state index contributed by atoms with van der Waals surface area (Å²) >= 11 is 0. The Bertz CT molecular complexity index is 788. The Balaban J connectivity index is 1.48. The molecule has 4 rings (SSSR count). The molecule has 3 heterocycles. The van der Waals surface area contributed by atoms with Gasteiger partial charge in [0.25, 0.3) is 5.91 Å². The molecule has 0 N–H and O–H groups in total. The van der Waals surface area contributed by atoms with Crippen molar-refractivity contribution in [2.24, 2.45) is 0 Å². The highest BCUT2D eigenvalue weighted by Gasteiger charge is 2.37. The second-order valence-corrected chi connectivity index (χ2v) is 6.34. The van der Waals surface area contributed by atoms with Crippen molar-refractivity contribution in [1.82, 2.24) is 9.88 Å². The molecule has 7 heteroatoms. The molecular formula is C19H20N4O3. The number of benzene rings is 1. The summed E-state index contributed by atoms with van der Waals surface area (Å²) in [6, 6.07) is 11.0. The first-order valence-electron chi connectivity index (χ1n) is 8.66. The number of urea groups is 1. The minimum Gasteiger partial charge on any atom is -0.378 e. The maximum atomic E-state index is 12.7. The van der Waals surface area contributed by atoms with Crippen LogP contribution in [0.3, 0.4) is 0 Å². The molecule has 7 nitrogen and oxygen atoms in total. The van der Waals surface area contributed by atoms with Crippen molar-refractivity contribution in [3.8, 4) is 0 Å². The first-order valence-corrected chi connectivity index (χ1v) is 8.66. The quantitative estimate of drug-likeness (QED) is 0.786. The molecule has 2 aliphatic rings. The monoisotopic (exact) mass is 352 g/mol. The summed E-state index contributed by atoms with van der Waals surface area (Å²) in [4.78, 5) is 34.1. The van der Waals surface area contributed by atoms with Gasteiger partial charge in [-0.15, -0.1) is 0 Å². The molecule has 2 fully saturated rings. The van der Waals surface area contributed by atoms with Crippen molar-refractivity contribution in [2.75, 3.05) is 42.6 Å². The molecule has 0 bridgehead atoms. The molecule has 26 heavy (non-hydrogen) atoms. The van der Waals surface area contributed by atoms with Gasteiger partial charge in [0.05, 0.1) is 18.9 Å². The van der Waals surface area contributed by atoms with Crippen molar-refractivity contribution < 1.29 is 14.3 Å². The van der Waals surface area contributed by atoms with E-state index in [-0.39, 0.29) is 18.5 Å². The van der Waals surface area contributed by atoms with Gasteiger partial charge < -0.3 is 14.5 Å². The third-order valence-electron chi connectivity index (χ3n) is 4.64. The molecule has 0 saturated carbocycles. The number of morpholine rings is 1. The first-order chi connectivity index (χ1) is 12.7. The van der Waals surface area contributed by atoms with Gasteiger partial charge in [-0.25, -0.2) is 9.69 Å². The number of nitrogens with zero attached hydrogens (tertiary/aromatic N) is 4. The molecule has 0 spiro atoms. The van der Waals surface area contributed by atoms with Crippen LogP contribution in [0, 0.1) is 0 Å². The Kier molecular flexibility index (Phi) is 4.53. The van der Waals surface area contributed by atoms with E-state index in [9.17, 15) is 9.59 Å². The molecule has 0 unspecified atom stereocenters. The minimum atomic E-state index is -0.286. The highest BCUT2D eigenvalue weighted by atomic mass is 16.5. The lowest BCUT2D eigenvalue weighted by Gasteiger charge is -2.29. The Hall–Kier alpha value is -2.93. The third-order valence-corrected chi connectivity index (χ3v) is 4.64. The zero-order valence-corrected chi connectivity index (χ0v) is 14.4. The second kappa shape index (κ2) is 7.13. The fourth-order valence-electron chi connectivity index (χ4n) is 3.27. The lowest BCUT2D eigenvalue weighted by Crippen LogP contribution is -2.36. The minimum absolute atomic E-state index is 0.0897. The molecule has 0 atom stereocenters. The molecule has 0 aliphatic carbocycles. The average molecular weight is 352 g/mol. The molecule has 3 amide bonds.